The number of nitrogens with zero attached hydrogens (tertiary/aromatic N) is 4. The second kappa shape index (κ2) is 5.70. The number of aryl methyl sites for hydroxylation is 2. The van der Waals surface area contributed by atoms with E-state index in [1.807, 2.05) is 14.1 Å². The topological polar surface area (TPSA) is 31.2 Å². The molecule has 1 fully saturated rings. The summed E-state index contributed by atoms with van der Waals surface area (Å²) in [6.07, 6.45) is 0.124. The summed E-state index contributed by atoms with van der Waals surface area (Å²) in [5.41, 5.74) is 6.23. The number of hydrogen-bond donors (Lipinski definition) is 0. The Bertz CT molecular complexity index is 919. The number of amidine groups is 2. The minimum atomic E-state index is -0.0589. The smallest absolute Gasteiger partial charge is 0.173 e. The average Bonchev–Trinajstić information content (AvgIpc) is 3.05. The maximum absolute atomic E-state index is 4.65. The zero-order valence-electron chi connectivity index (χ0n) is 16.4. The highest BCUT2D eigenvalue weighted by atomic mass is 15.5. The van der Waals surface area contributed by atoms with E-state index in [1.54, 1.807) is 0 Å². The molecule has 2 aliphatic rings. The third-order valence-electron chi connectivity index (χ3n) is 5.56. The van der Waals surface area contributed by atoms with Crippen LogP contribution >= 0.6 is 0 Å². The molecule has 2 aromatic rings. The minimum absolute atomic E-state index is 0.0589. The Balaban J connectivity index is 1.99. The van der Waals surface area contributed by atoms with Gasteiger partial charge in [-0.2, -0.15) is 0 Å². The molecule has 4 heteroatoms. The molecule has 4 rings (SSSR count). The number of hydrogen-bond acceptors (Lipinski definition) is 2. The molecule has 0 saturated carbocycles. The standard InChI is InChI=1S/C22H26N4/c1-14-11-15(2)13-16(12-14)25-19(23-5)20(24-6)26-18-10-8-7-9-17(18)22(3,4)21(25)26/h7-13,21H,1-6H3. The maximum atomic E-state index is 4.65. The van der Waals surface area contributed by atoms with E-state index < -0.39 is 0 Å². The third-order valence-corrected chi connectivity index (χ3v) is 5.56. The lowest BCUT2D eigenvalue weighted by atomic mass is 9.83. The molecule has 0 aromatic heterocycles. The van der Waals surface area contributed by atoms with Crippen LogP contribution in [0.1, 0.15) is 30.5 Å². The van der Waals surface area contributed by atoms with E-state index in [2.05, 4.69) is 89.9 Å². The van der Waals surface area contributed by atoms with E-state index in [4.69, 9.17) is 0 Å². The van der Waals surface area contributed by atoms with Crippen molar-refractivity contribution in [1.29, 1.82) is 0 Å². The van der Waals surface area contributed by atoms with Crippen molar-refractivity contribution in [1.82, 2.24) is 0 Å². The van der Waals surface area contributed by atoms with Crippen molar-refractivity contribution in [3.8, 4) is 0 Å². The Morgan fingerprint density at radius 1 is 0.846 bits per heavy atom. The Morgan fingerprint density at radius 3 is 2.04 bits per heavy atom. The van der Waals surface area contributed by atoms with Crippen LogP contribution in [0, 0.1) is 13.8 Å². The minimum Gasteiger partial charge on any atom is -0.301 e. The Labute approximate surface area is 155 Å². The van der Waals surface area contributed by atoms with Crippen LogP contribution < -0.4 is 9.80 Å². The molecule has 134 valence electrons. The largest absolute Gasteiger partial charge is 0.301 e. The fraction of sp³-hybridized carbons (Fsp3) is 0.364. The molecule has 0 N–H and O–H groups in total. The van der Waals surface area contributed by atoms with E-state index in [0.29, 0.717) is 0 Å². The van der Waals surface area contributed by atoms with Gasteiger partial charge >= 0.3 is 0 Å². The predicted octanol–water partition coefficient (Wildman–Crippen LogP) is 4.30. The molecule has 0 bridgehead atoms. The van der Waals surface area contributed by atoms with Gasteiger partial charge in [0.2, 0.25) is 0 Å². The monoisotopic (exact) mass is 346 g/mol. The van der Waals surface area contributed by atoms with E-state index in [-0.39, 0.29) is 11.6 Å². The first-order valence-corrected chi connectivity index (χ1v) is 9.10. The number of para-hydroxylation sites is 1. The van der Waals surface area contributed by atoms with Gasteiger partial charge in [-0.05, 0) is 48.7 Å². The molecule has 2 aromatic carbocycles. The van der Waals surface area contributed by atoms with Crippen LogP contribution in [-0.2, 0) is 5.41 Å². The van der Waals surface area contributed by atoms with Crippen LogP contribution in [0.3, 0.4) is 0 Å². The first kappa shape index (κ1) is 16.8. The molecule has 0 amide bonds. The van der Waals surface area contributed by atoms with E-state index in [0.717, 1.165) is 11.7 Å². The molecule has 1 atom stereocenters. The van der Waals surface area contributed by atoms with Gasteiger partial charge in [-0.15, -0.1) is 0 Å². The molecule has 2 heterocycles. The first-order valence-electron chi connectivity index (χ1n) is 9.10. The van der Waals surface area contributed by atoms with Crippen LogP contribution in [-0.4, -0.2) is 31.9 Å². The van der Waals surface area contributed by atoms with Crippen molar-refractivity contribution < 1.29 is 0 Å². The van der Waals surface area contributed by atoms with E-state index in [1.165, 1.54) is 28.1 Å². The second-order valence-electron chi connectivity index (χ2n) is 7.79. The molecule has 26 heavy (non-hydrogen) atoms. The lowest BCUT2D eigenvalue weighted by Gasteiger charge is -2.35. The molecule has 1 unspecified atom stereocenters. The number of aliphatic imine (C=N–C) groups is 2. The van der Waals surface area contributed by atoms with E-state index >= 15 is 0 Å². The van der Waals surface area contributed by atoms with Gasteiger partial charge in [0.1, 0.15) is 6.17 Å². The van der Waals surface area contributed by atoms with Crippen LogP contribution in [0.5, 0.6) is 0 Å². The summed E-state index contributed by atoms with van der Waals surface area (Å²) >= 11 is 0. The van der Waals surface area contributed by atoms with Crippen molar-refractivity contribution in [2.75, 3.05) is 23.9 Å². The first-order chi connectivity index (χ1) is 12.4. The Hall–Kier alpha value is -2.62. The molecule has 4 nitrogen and oxygen atoms in total. The summed E-state index contributed by atoms with van der Waals surface area (Å²) in [4.78, 5) is 14.0. The molecular formula is C22H26N4. The summed E-state index contributed by atoms with van der Waals surface area (Å²) in [5, 5.41) is 0. The second-order valence-corrected chi connectivity index (χ2v) is 7.79. The lowest BCUT2D eigenvalue weighted by Crippen LogP contribution is -2.48. The quantitative estimate of drug-likeness (QED) is 0.771. The third kappa shape index (κ3) is 2.14. The van der Waals surface area contributed by atoms with Crippen LogP contribution in [0.2, 0.25) is 0 Å². The van der Waals surface area contributed by atoms with Crippen molar-refractivity contribution in [3.63, 3.8) is 0 Å². The van der Waals surface area contributed by atoms with Gasteiger partial charge in [0.25, 0.3) is 0 Å². The Morgan fingerprint density at radius 2 is 1.42 bits per heavy atom. The highest BCUT2D eigenvalue weighted by molar-refractivity contribution is 6.53. The van der Waals surface area contributed by atoms with Gasteiger partial charge in [-0.1, -0.05) is 38.1 Å². The summed E-state index contributed by atoms with van der Waals surface area (Å²) < 4.78 is 0. The van der Waals surface area contributed by atoms with Crippen LogP contribution in [0.15, 0.2) is 52.4 Å². The molecule has 0 radical (unpaired) electrons. The molecule has 0 spiro atoms. The Kier molecular flexibility index (Phi) is 3.69. The van der Waals surface area contributed by atoms with Gasteiger partial charge in [-0.3, -0.25) is 9.98 Å². The number of anilines is 2. The summed E-state index contributed by atoms with van der Waals surface area (Å²) in [6.45, 7) is 8.93. The van der Waals surface area contributed by atoms with Gasteiger partial charge in [0, 0.05) is 30.9 Å². The summed E-state index contributed by atoms with van der Waals surface area (Å²) in [5.74, 6) is 1.87. The fourth-order valence-electron chi connectivity index (χ4n) is 4.59. The highest BCUT2D eigenvalue weighted by Gasteiger charge is 2.56. The number of fused-ring (bicyclic) bond motifs is 3. The lowest BCUT2D eigenvalue weighted by molar-refractivity contribution is 0.457. The normalized spacial score (nSPS) is 23.7. The maximum Gasteiger partial charge on any atom is 0.173 e. The number of benzene rings is 2. The van der Waals surface area contributed by atoms with Crippen LogP contribution in [0.4, 0.5) is 11.4 Å². The van der Waals surface area contributed by atoms with Gasteiger partial charge in [0.05, 0.1) is 0 Å². The fourth-order valence-corrected chi connectivity index (χ4v) is 4.59. The van der Waals surface area contributed by atoms with Gasteiger partial charge < -0.3 is 9.80 Å². The van der Waals surface area contributed by atoms with Crippen molar-refractivity contribution >= 4 is 23.0 Å². The van der Waals surface area contributed by atoms with Crippen molar-refractivity contribution in [3.05, 3.63) is 59.2 Å². The summed E-state index contributed by atoms with van der Waals surface area (Å²) in [7, 11) is 3.72. The van der Waals surface area contributed by atoms with E-state index in [9.17, 15) is 0 Å². The van der Waals surface area contributed by atoms with Crippen LogP contribution in [0.25, 0.3) is 0 Å². The zero-order chi connectivity index (χ0) is 18.6. The molecular weight excluding hydrogens is 320 g/mol. The SMILES string of the molecule is CN=C1C(=NC)N2c3ccccc3C(C)(C)C2N1c1cc(C)cc(C)c1. The molecule has 2 aliphatic heterocycles. The molecule has 0 aliphatic carbocycles. The van der Waals surface area contributed by atoms with Crippen molar-refractivity contribution in [2.24, 2.45) is 9.98 Å². The average molecular weight is 346 g/mol. The predicted molar refractivity (Wildman–Crippen MR) is 111 cm³/mol. The highest BCUT2D eigenvalue weighted by Crippen LogP contribution is 2.50. The number of rotatable bonds is 1. The zero-order valence-corrected chi connectivity index (χ0v) is 16.4. The van der Waals surface area contributed by atoms with Gasteiger partial charge in [-0.25, -0.2) is 0 Å². The molecule has 1 saturated heterocycles. The van der Waals surface area contributed by atoms with Gasteiger partial charge in [0.15, 0.2) is 11.7 Å². The van der Waals surface area contributed by atoms with Crippen molar-refractivity contribution in [2.45, 2.75) is 39.3 Å². The summed E-state index contributed by atoms with van der Waals surface area (Å²) in [6, 6.07) is 15.4.